The van der Waals surface area contributed by atoms with E-state index in [1.54, 1.807) is 0 Å². The van der Waals surface area contributed by atoms with E-state index in [9.17, 15) is 9.59 Å². The molecule has 1 amide bonds. The van der Waals surface area contributed by atoms with Crippen LogP contribution in [0.15, 0.2) is 0 Å². The minimum atomic E-state index is -0.834. The summed E-state index contributed by atoms with van der Waals surface area (Å²) in [6.07, 6.45) is 4.70. The highest BCUT2D eigenvalue weighted by Gasteiger charge is 2.49. The van der Waals surface area contributed by atoms with E-state index in [1.165, 1.54) is 0 Å². The molecule has 5 atom stereocenters. The molecule has 0 radical (unpaired) electrons. The number of nitrogens with one attached hydrogen (secondary N) is 1. The molecule has 5 nitrogen and oxygen atoms in total. The lowest BCUT2D eigenvalue weighted by atomic mass is 9.84. The molecule has 108 valence electrons. The van der Waals surface area contributed by atoms with Gasteiger partial charge in [-0.3, -0.25) is 9.59 Å². The van der Waals surface area contributed by atoms with Crippen LogP contribution in [0.5, 0.6) is 0 Å². The van der Waals surface area contributed by atoms with Crippen molar-refractivity contribution < 1.29 is 14.7 Å². The highest BCUT2D eigenvalue weighted by atomic mass is 16.4. The number of rotatable bonds is 6. The zero-order valence-corrected chi connectivity index (χ0v) is 11.5. The van der Waals surface area contributed by atoms with Crippen molar-refractivity contribution in [2.45, 2.75) is 45.1 Å². The molecule has 0 aromatic carbocycles. The Morgan fingerprint density at radius 2 is 2.05 bits per heavy atom. The summed E-state index contributed by atoms with van der Waals surface area (Å²) >= 11 is 0. The first-order valence-electron chi connectivity index (χ1n) is 7.30. The van der Waals surface area contributed by atoms with Crippen LogP contribution in [-0.4, -0.2) is 29.6 Å². The zero-order valence-electron chi connectivity index (χ0n) is 11.5. The summed E-state index contributed by atoms with van der Waals surface area (Å²) in [5, 5.41) is 11.9. The van der Waals surface area contributed by atoms with Crippen LogP contribution < -0.4 is 11.1 Å². The molecule has 0 heterocycles. The molecule has 0 aromatic heterocycles. The number of carbonyl (C=O) groups is 2. The summed E-state index contributed by atoms with van der Waals surface area (Å²) in [5.74, 6) is -0.554. The van der Waals surface area contributed by atoms with E-state index in [0.29, 0.717) is 18.3 Å². The molecule has 5 heteroatoms. The van der Waals surface area contributed by atoms with Gasteiger partial charge < -0.3 is 16.2 Å². The van der Waals surface area contributed by atoms with Crippen molar-refractivity contribution in [3.05, 3.63) is 0 Å². The number of hydrogen-bond acceptors (Lipinski definition) is 3. The Bertz CT molecular complexity index is 357. The number of hydrogen-bond donors (Lipinski definition) is 3. The maximum absolute atomic E-state index is 12.2. The van der Waals surface area contributed by atoms with Crippen molar-refractivity contribution in [1.82, 2.24) is 5.32 Å². The quantitative estimate of drug-likeness (QED) is 0.669. The van der Waals surface area contributed by atoms with Crippen molar-refractivity contribution >= 4 is 11.9 Å². The molecule has 0 aliphatic heterocycles. The van der Waals surface area contributed by atoms with Gasteiger partial charge in [-0.2, -0.15) is 0 Å². The predicted octanol–water partition coefficient (Wildman–Crippen LogP) is 0.977. The van der Waals surface area contributed by atoms with Crippen molar-refractivity contribution in [2.24, 2.45) is 29.4 Å². The number of carbonyl (C=O) groups excluding carboxylic acids is 1. The normalized spacial score (nSPS) is 34.2. The first kappa shape index (κ1) is 14.3. The third-order valence-electron chi connectivity index (χ3n) is 4.79. The average molecular weight is 268 g/mol. The predicted molar refractivity (Wildman–Crippen MR) is 71.3 cm³/mol. The Morgan fingerprint density at radius 1 is 1.37 bits per heavy atom. The zero-order chi connectivity index (χ0) is 14.0. The second kappa shape index (κ2) is 5.90. The molecule has 2 saturated carbocycles. The first-order chi connectivity index (χ1) is 9.04. The smallest absolute Gasteiger partial charge is 0.308 e. The third-order valence-corrected chi connectivity index (χ3v) is 4.79. The van der Waals surface area contributed by atoms with Crippen LogP contribution >= 0.6 is 0 Å². The third kappa shape index (κ3) is 2.91. The van der Waals surface area contributed by atoms with Crippen molar-refractivity contribution in [1.29, 1.82) is 0 Å². The second-order valence-electron chi connectivity index (χ2n) is 6.01. The Balaban J connectivity index is 1.86. The fourth-order valence-electron chi connectivity index (χ4n) is 3.73. The van der Waals surface area contributed by atoms with E-state index < -0.39 is 11.9 Å². The number of carboxylic acids is 1. The molecule has 0 aromatic rings. The van der Waals surface area contributed by atoms with Gasteiger partial charge in [-0.1, -0.05) is 13.3 Å². The minimum Gasteiger partial charge on any atom is -0.481 e. The van der Waals surface area contributed by atoms with Crippen LogP contribution in [0.1, 0.15) is 39.0 Å². The molecule has 0 spiro atoms. The lowest BCUT2D eigenvalue weighted by molar-refractivity contribution is -0.142. The molecule has 2 rings (SSSR count). The molecule has 0 saturated heterocycles. The van der Waals surface area contributed by atoms with Gasteiger partial charge >= 0.3 is 5.97 Å². The minimum absolute atomic E-state index is 0.0341. The van der Waals surface area contributed by atoms with Crippen LogP contribution in [0.3, 0.4) is 0 Å². The van der Waals surface area contributed by atoms with Crippen LogP contribution in [0.2, 0.25) is 0 Å². The van der Waals surface area contributed by atoms with Crippen molar-refractivity contribution in [2.75, 3.05) is 6.54 Å². The fraction of sp³-hybridized carbons (Fsp3) is 0.857. The molecule has 2 fully saturated rings. The van der Waals surface area contributed by atoms with E-state index >= 15 is 0 Å². The van der Waals surface area contributed by atoms with Gasteiger partial charge in [-0.15, -0.1) is 0 Å². The first-order valence-corrected chi connectivity index (χ1v) is 7.30. The molecule has 2 aliphatic rings. The van der Waals surface area contributed by atoms with Crippen LogP contribution in [0, 0.1) is 23.7 Å². The molecule has 2 bridgehead atoms. The molecule has 4 N–H and O–H groups in total. The van der Waals surface area contributed by atoms with Gasteiger partial charge in [0.2, 0.25) is 5.91 Å². The molecular formula is C14H24N2O3. The monoisotopic (exact) mass is 268 g/mol. The summed E-state index contributed by atoms with van der Waals surface area (Å²) in [4.78, 5) is 23.2. The molecular weight excluding hydrogens is 244 g/mol. The van der Waals surface area contributed by atoms with Gasteiger partial charge in [-0.25, -0.2) is 0 Å². The molecule has 5 unspecified atom stereocenters. The number of nitrogens with two attached hydrogens (primary N) is 1. The highest BCUT2D eigenvalue weighted by molar-refractivity contribution is 5.81. The van der Waals surface area contributed by atoms with Gasteiger partial charge in [0.15, 0.2) is 0 Å². The Kier molecular flexibility index (Phi) is 4.45. The van der Waals surface area contributed by atoms with Gasteiger partial charge in [0.05, 0.1) is 11.8 Å². The van der Waals surface area contributed by atoms with Crippen molar-refractivity contribution in [3.8, 4) is 0 Å². The highest BCUT2D eigenvalue weighted by Crippen LogP contribution is 2.47. The maximum Gasteiger partial charge on any atom is 0.308 e. The number of aliphatic carboxylic acids is 1. The number of carboxylic acid groups (broad SMARTS) is 1. The topological polar surface area (TPSA) is 92.4 Å². The summed E-state index contributed by atoms with van der Waals surface area (Å²) in [7, 11) is 0. The largest absolute Gasteiger partial charge is 0.481 e. The SMILES string of the molecule is CCCC(CNC(=O)C1C2CCC(C2)C1N)C(=O)O. The number of fused-ring (bicyclic) bond motifs is 2. The Hall–Kier alpha value is -1.10. The summed E-state index contributed by atoms with van der Waals surface area (Å²) < 4.78 is 0. The lowest BCUT2D eigenvalue weighted by Gasteiger charge is -2.27. The van der Waals surface area contributed by atoms with Gasteiger partial charge in [0.25, 0.3) is 0 Å². The lowest BCUT2D eigenvalue weighted by Crippen LogP contribution is -2.46. The van der Waals surface area contributed by atoms with Crippen LogP contribution in [0.4, 0.5) is 0 Å². The number of amides is 1. The summed E-state index contributed by atoms with van der Waals surface area (Å²) in [6.45, 7) is 2.17. The Morgan fingerprint density at radius 3 is 2.58 bits per heavy atom. The van der Waals surface area contributed by atoms with Gasteiger partial charge in [0.1, 0.15) is 0 Å². The molecule has 19 heavy (non-hydrogen) atoms. The van der Waals surface area contributed by atoms with Crippen LogP contribution in [0.25, 0.3) is 0 Å². The Labute approximate surface area is 113 Å². The van der Waals surface area contributed by atoms with Crippen LogP contribution in [-0.2, 0) is 9.59 Å². The molecule has 2 aliphatic carbocycles. The van der Waals surface area contributed by atoms with E-state index in [0.717, 1.165) is 25.7 Å². The standard InChI is InChI=1S/C14H24N2O3/c1-2-3-10(14(18)19)7-16-13(17)11-8-4-5-9(6-8)12(11)15/h8-12H,2-7,15H2,1H3,(H,16,17)(H,18,19). The summed E-state index contributed by atoms with van der Waals surface area (Å²) in [6, 6.07) is -0.0341. The average Bonchev–Trinajstić information content (AvgIpc) is 2.94. The maximum atomic E-state index is 12.2. The fourth-order valence-corrected chi connectivity index (χ4v) is 3.73. The van der Waals surface area contributed by atoms with Crippen molar-refractivity contribution in [3.63, 3.8) is 0 Å². The van der Waals surface area contributed by atoms with E-state index in [1.807, 2.05) is 6.92 Å². The van der Waals surface area contributed by atoms with E-state index in [4.69, 9.17) is 10.8 Å². The second-order valence-corrected chi connectivity index (χ2v) is 6.01. The van der Waals surface area contributed by atoms with Gasteiger partial charge in [0, 0.05) is 12.6 Å². The van der Waals surface area contributed by atoms with E-state index in [-0.39, 0.29) is 24.4 Å². The van der Waals surface area contributed by atoms with Gasteiger partial charge in [-0.05, 0) is 37.5 Å². The summed E-state index contributed by atoms with van der Waals surface area (Å²) in [5.41, 5.74) is 6.11. The van der Waals surface area contributed by atoms with E-state index in [2.05, 4.69) is 5.32 Å².